The van der Waals surface area contributed by atoms with Crippen LogP contribution in [0.3, 0.4) is 0 Å². The van der Waals surface area contributed by atoms with Gasteiger partial charge in [0.1, 0.15) is 0 Å². The van der Waals surface area contributed by atoms with Crippen LogP contribution in [-0.4, -0.2) is 22.6 Å². The van der Waals surface area contributed by atoms with Crippen molar-refractivity contribution in [3.05, 3.63) is 64.3 Å². The molecule has 0 aliphatic carbocycles. The molecular weight excluding hydrogens is 262 g/mol. The first-order valence-corrected chi connectivity index (χ1v) is 5.74. The number of hydrogen-bond donors (Lipinski definition) is 1. The molecule has 0 amide bonds. The number of nitro groups is 1. The van der Waals surface area contributed by atoms with Gasteiger partial charge in [-0.2, -0.15) is 0 Å². The molecule has 0 atom stereocenters. The second-order valence-corrected chi connectivity index (χ2v) is 3.75. The van der Waals surface area contributed by atoms with Crippen LogP contribution in [0.1, 0.15) is 10.4 Å². The summed E-state index contributed by atoms with van der Waals surface area (Å²) in [5, 5.41) is 13.4. The second-order valence-electron chi connectivity index (χ2n) is 3.75. The third kappa shape index (κ3) is 3.29. The van der Waals surface area contributed by atoms with Crippen LogP contribution >= 0.6 is 0 Å². The van der Waals surface area contributed by atoms with Gasteiger partial charge in [0.2, 0.25) is 5.82 Å². The lowest BCUT2D eigenvalue weighted by molar-refractivity contribution is -0.384. The fourth-order valence-electron chi connectivity index (χ4n) is 1.51. The molecule has 0 aliphatic heterocycles. The fourth-order valence-corrected chi connectivity index (χ4v) is 1.51. The first-order chi connectivity index (χ1) is 9.68. The van der Waals surface area contributed by atoms with E-state index in [0.717, 1.165) is 0 Å². The van der Waals surface area contributed by atoms with E-state index in [1.165, 1.54) is 18.3 Å². The van der Waals surface area contributed by atoms with E-state index in [4.69, 9.17) is 4.74 Å². The standard InChI is InChI=1S/C13H11N3O4/c17-13(10-5-2-1-3-6-10)20-9-15-12-11(16(18)19)7-4-8-14-12/h1-8H,9H2,(H,14,15). The fraction of sp³-hybridized carbons (Fsp3) is 0.0769. The predicted molar refractivity (Wildman–Crippen MR) is 71.2 cm³/mol. The highest BCUT2D eigenvalue weighted by atomic mass is 16.6. The highest BCUT2D eigenvalue weighted by Gasteiger charge is 2.14. The Labute approximate surface area is 114 Å². The lowest BCUT2D eigenvalue weighted by Crippen LogP contribution is -2.14. The van der Waals surface area contributed by atoms with Gasteiger partial charge >= 0.3 is 11.7 Å². The third-order valence-electron chi connectivity index (χ3n) is 2.44. The number of rotatable bonds is 5. The van der Waals surface area contributed by atoms with Crippen LogP contribution in [0.2, 0.25) is 0 Å². The molecule has 0 saturated carbocycles. The van der Waals surface area contributed by atoms with Gasteiger partial charge in [-0.3, -0.25) is 10.1 Å². The summed E-state index contributed by atoms with van der Waals surface area (Å²) in [4.78, 5) is 25.7. The van der Waals surface area contributed by atoms with Crippen molar-refractivity contribution in [3.63, 3.8) is 0 Å². The highest BCUT2D eigenvalue weighted by molar-refractivity contribution is 5.89. The molecule has 7 heteroatoms. The Hall–Kier alpha value is -2.96. The molecule has 7 nitrogen and oxygen atoms in total. The van der Waals surface area contributed by atoms with Crippen LogP contribution in [-0.2, 0) is 4.74 Å². The van der Waals surface area contributed by atoms with E-state index >= 15 is 0 Å². The minimum absolute atomic E-state index is 0.0540. The van der Waals surface area contributed by atoms with E-state index in [9.17, 15) is 14.9 Å². The molecule has 0 radical (unpaired) electrons. The van der Waals surface area contributed by atoms with Crippen molar-refractivity contribution in [2.75, 3.05) is 12.0 Å². The molecule has 0 fully saturated rings. The lowest BCUT2D eigenvalue weighted by atomic mass is 10.2. The van der Waals surface area contributed by atoms with Gasteiger partial charge in [-0.15, -0.1) is 0 Å². The number of aromatic nitrogens is 1. The van der Waals surface area contributed by atoms with E-state index in [1.54, 1.807) is 30.3 Å². The summed E-state index contributed by atoms with van der Waals surface area (Å²) in [5.74, 6) is -0.463. The first kappa shape index (κ1) is 13.5. The van der Waals surface area contributed by atoms with Crippen LogP contribution in [0, 0.1) is 10.1 Å². The second kappa shape index (κ2) is 6.28. The molecule has 1 N–H and O–H groups in total. The summed E-state index contributed by atoms with van der Waals surface area (Å²) in [7, 11) is 0. The maximum Gasteiger partial charge on any atom is 0.339 e. The number of carbonyl (C=O) groups excluding carboxylic acids is 1. The molecule has 2 aromatic rings. The molecule has 1 aromatic heterocycles. The first-order valence-electron chi connectivity index (χ1n) is 5.74. The van der Waals surface area contributed by atoms with Crippen molar-refractivity contribution in [3.8, 4) is 0 Å². The number of anilines is 1. The van der Waals surface area contributed by atoms with E-state index in [-0.39, 0.29) is 18.2 Å². The summed E-state index contributed by atoms with van der Waals surface area (Å²) >= 11 is 0. The molecule has 20 heavy (non-hydrogen) atoms. The molecule has 1 aromatic carbocycles. The Kier molecular flexibility index (Phi) is 4.23. The largest absolute Gasteiger partial charge is 0.441 e. The van der Waals surface area contributed by atoms with Crippen molar-refractivity contribution < 1.29 is 14.5 Å². The molecule has 102 valence electrons. The number of hydrogen-bond acceptors (Lipinski definition) is 6. The molecule has 1 heterocycles. The van der Waals surface area contributed by atoms with Gasteiger partial charge in [-0.05, 0) is 18.2 Å². The van der Waals surface area contributed by atoms with E-state index in [1.807, 2.05) is 0 Å². The average Bonchev–Trinajstić information content (AvgIpc) is 2.48. The molecule has 0 saturated heterocycles. The molecule has 0 aliphatic rings. The van der Waals surface area contributed by atoms with Crippen molar-refractivity contribution >= 4 is 17.5 Å². The SMILES string of the molecule is O=C(OCNc1ncccc1[N+](=O)[O-])c1ccccc1. The van der Waals surface area contributed by atoms with E-state index in [0.29, 0.717) is 5.56 Å². The number of benzene rings is 1. The molecule has 0 unspecified atom stereocenters. The van der Waals surface area contributed by atoms with Crippen molar-refractivity contribution in [2.45, 2.75) is 0 Å². The average molecular weight is 273 g/mol. The van der Waals surface area contributed by atoms with Crippen LogP contribution in [0.5, 0.6) is 0 Å². The van der Waals surface area contributed by atoms with Gasteiger partial charge in [0.25, 0.3) is 0 Å². The summed E-state index contributed by atoms with van der Waals surface area (Å²) < 4.78 is 4.95. The summed E-state index contributed by atoms with van der Waals surface area (Å²) in [6.07, 6.45) is 1.41. The maximum atomic E-state index is 11.6. The van der Waals surface area contributed by atoms with Crippen molar-refractivity contribution in [1.82, 2.24) is 4.98 Å². The number of pyridine rings is 1. The Balaban J connectivity index is 1.94. The van der Waals surface area contributed by atoms with Crippen molar-refractivity contribution in [1.29, 1.82) is 0 Å². The summed E-state index contributed by atoms with van der Waals surface area (Å²) in [6, 6.07) is 11.2. The third-order valence-corrected chi connectivity index (χ3v) is 2.44. The smallest absolute Gasteiger partial charge is 0.339 e. The Bertz CT molecular complexity index is 616. The zero-order valence-corrected chi connectivity index (χ0v) is 10.4. The van der Waals surface area contributed by atoms with Crippen LogP contribution in [0.4, 0.5) is 11.5 Å². The topological polar surface area (TPSA) is 94.4 Å². The Morgan fingerprint density at radius 3 is 2.70 bits per heavy atom. The number of ether oxygens (including phenoxy) is 1. The molecule has 0 spiro atoms. The minimum Gasteiger partial charge on any atom is -0.441 e. The number of esters is 1. The summed E-state index contributed by atoms with van der Waals surface area (Å²) in [5.41, 5.74) is 0.230. The van der Waals surface area contributed by atoms with E-state index < -0.39 is 10.9 Å². The van der Waals surface area contributed by atoms with Crippen molar-refractivity contribution in [2.24, 2.45) is 0 Å². The number of nitrogens with one attached hydrogen (secondary N) is 1. The monoisotopic (exact) mass is 273 g/mol. The zero-order valence-electron chi connectivity index (χ0n) is 10.4. The van der Waals surface area contributed by atoms with Gasteiger partial charge in [-0.25, -0.2) is 9.78 Å². The Morgan fingerprint density at radius 2 is 2.00 bits per heavy atom. The minimum atomic E-state index is -0.561. The predicted octanol–water partition coefficient (Wildman–Crippen LogP) is 2.22. The van der Waals surface area contributed by atoms with Crippen LogP contribution < -0.4 is 5.32 Å². The van der Waals surface area contributed by atoms with Gasteiger partial charge in [0.15, 0.2) is 6.73 Å². The molecule has 2 rings (SSSR count). The van der Waals surface area contributed by atoms with E-state index in [2.05, 4.69) is 10.3 Å². The summed E-state index contributed by atoms with van der Waals surface area (Å²) in [6.45, 7) is -0.203. The van der Waals surface area contributed by atoms with Gasteiger partial charge in [0.05, 0.1) is 10.5 Å². The van der Waals surface area contributed by atoms with Crippen LogP contribution in [0.15, 0.2) is 48.7 Å². The van der Waals surface area contributed by atoms with Crippen LogP contribution in [0.25, 0.3) is 0 Å². The molecule has 0 bridgehead atoms. The number of nitrogens with zero attached hydrogens (tertiary/aromatic N) is 2. The lowest BCUT2D eigenvalue weighted by Gasteiger charge is -2.07. The normalized spacial score (nSPS) is 9.80. The zero-order chi connectivity index (χ0) is 14.4. The Morgan fingerprint density at radius 1 is 1.25 bits per heavy atom. The van der Waals surface area contributed by atoms with Gasteiger partial charge < -0.3 is 10.1 Å². The maximum absolute atomic E-state index is 11.6. The van der Waals surface area contributed by atoms with Gasteiger partial charge in [-0.1, -0.05) is 18.2 Å². The number of carbonyl (C=O) groups is 1. The quantitative estimate of drug-likeness (QED) is 0.388. The van der Waals surface area contributed by atoms with Gasteiger partial charge in [0, 0.05) is 12.3 Å². The molecular formula is C13H11N3O4. The highest BCUT2D eigenvalue weighted by Crippen LogP contribution is 2.19.